The molecule has 2 atom stereocenters. The monoisotopic (exact) mass is 336 g/mol. The zero-order valence-corrected chi connectivity index (χ0v) is 14.7. The first-order valence-electron chi connectivity index (χ1n) is 9.89. The van der Waals surface area contributed by atoms with Crippen LogP contribution in [0.25, 0.3) is 0 Å². The Morgan fingerprint density at radius 2 is 1.50 bits per heavy atom. The van der Waals surface area contributed by atoms with E-state index in [1.54, 1.807) is 0 Å². The van der Waals surface area contributed by atoms with Gasteiger partial charge in [-0.1, -0.05) is 12.8 Å². The summed E-state index contributed by atoms with van der Waals surface area (Å²) in [5, 5.41) is 12.5. The van der Waals surface area contributed by atoms with Gasteiger partial charge in [-0.05, 0) is 57.3 Å². The molecule has 0 aromatic heterocycles. The fourth-order valence-corrected chi connectivity index (χ4v) is 4.71. The maximum atomic E-state index is 12.8. The highest BCUT2D eigenvalue weighted by atomic mass is 16.3. The minimum Gasteiger partial charge on any atom is -0.396 e. The normalized spacial score (nSPS) is 34.1. The fourth-order valence-electron chi connectivity index (χ4n) is 4.71. The molecule has 0 aromatic rings. The van der Waals surface area contributed by atoms with E-state index >= 15 is 0 Å². The van der Waals surface area contributed by atoms with E-state index in [1.807, 2.05) is 4.90 Å². The minimum absolute atomic E-state index is 0.0969. The lowest BCUT2D eigenvalue weighted by Gasteiger charge is -2.34. The highest BCUT2D eigenvalue weighted by Gasteiger charge is 2.39. The van der Waals surface area contributed by atoms with E-state index in [-0.39, 0.29) is 36.3 Å². The average molecular weight is 336 g/mol. The molecule has 3 rings (SSSR count). The second-order valence-electron chi connectivity index (χ2n) is 7.94. The van der Waals surface area contributed by atoms with Gasteiger partial charge < -0.3 is 15.3 Å². The molecular weight excluding hydrogens is 304 g/mol. The number of hydrogen-bond acceptors (Lipinski definition) is 3. The molecule has 0 spiro atoms. The Morgan fingerprint density at radius 1 is 0.875 bits per heavy atom. The van der Waals surface area contributed by atoms with Crippen molar-refractivity contribution in [1.82, 2.24) is 10.2 Å². The molecule has 5 heteroatoms. The quantitative estimate of drug-likeness (QED) is 0.826. The van der Waals surface area contributed by atoms with Crippen LogP contribution in [-0.4, -0.2) is 47.6 Å². The first-order valence-corrected chi connectivity index (χ1v) is 9.89. The van der Waals surface area contributed by atoms with Crippen LogP contribution in [0.2, 0.25) is 0 Å². The molecule has 1 saturated heterocycles. The Labute approximate surface area is 145 Å². The molecule has 24 heavy (non-hydrogen) atoms. The number of nitrogens with zero attached hydrogens (tertiary/aromatic N) is 1. The van der Waals surface area contributed by atoms with Crippen LogP contribution in [0.1, 0.15) is 64.2 Å². The van der Waals surface area contributed by atoms with Crippen molar-refractivity contribution < 1.29 is 14.7 Å². The number of nitrogens with one attached hydrogen (secondary N) is 1. The van der Waals surface area contributed by atoms with Crippen LogP contribution in [-0.2, 0) is 9.59 Å². The molecule has 2 N–H and O–H groups in total. The third-order valence-corrected chi connectivity index (χ3v) is 6.29. The van der Waals surface area contributed by atoms with Gasteiger partial charge >= 0.3 is 0 Å². The number of amides is 2. The van der Waals surface area contributed by atoms with Gasteiger partial charge in [-0.3, -0.25) is 9.59 Å². The lowest BCUT2D eigenvalue weighted by molar-refractivity contribution is -0.143. The summed E-state index contributed by atoms with van der Waals surface area (Å²) < 4.78 is 0. The third kappa shape index (κ3) is 4.11. The van der Waals surface area contributed by atoms with Gasteiger partial charge in [0.05, 0.1) is 0 Å². The van der Waals surface area contributed by atoms with Gasteiger partial charge in [-0.2, -0.15) is 0 Å². The van der Waals surface area contributed by atoms with E-state index in [9.17, 15) is 14.7 Å². The van der Waals surface area contributed by atoms with Gasteiger partial charge in [0.15, 0.2) is 0 Å². The first-order chi connectivity index (χ1) is 11.7. The maximum Gasteiger partial charge on any atom is 0.226 e. The van der Waals surface area contributed by atoms with Crippen molar-refractivity contribution in [3.8, 4) is 0 Å². The summed E-state index contributed by atoms with van der Waals surface area (Å²) in [6.45, 7) is 2.00. The maximum absolute atomic E-state index is 12.8. The molecule has 0 aromatic carbocycles. The van der Waals surface area contributed by atoms with Gasteiger partial charge in [0.1, 0.15) is 0 Å². The first kappa shape index (κ1) is 17.7. The van der Waals surface area contributed by atoms with Gasteiger partial charge in [0.2, 0.25) is 11.8 Å². The molecule has 5 nitrogen and oxygen atoms in total. The molecule has 3 aliphatic rings. The topological polar surface area (TPSA) is 69.6 Å². The van der Waals surface area contributed by atoms with Gasteiger partial charge in [0.25, 0.3) is 0 Å². The third-order valence-electron chi connectivity index (χ3n) is 6.29. The Hall–Kier alpha value is -1.10. The Morgan fingerprint density at radius 3 is 2.12 bits per heavy atom. The Balaban J connectivity index is 1.56. The van der Waals surface area contributed by atoms with Crippen LogP contribution in [0.4, 0.5) is 0 Å². The molecule has 0 bridgehead atoms. The average Bonchev–Trinajstić information content (AvgIpc) is 3.16. The molecule has 1 heterocycles. The van der Waals surface area contributed by atoms with Crippen LogP contribution in [0.15, 0.2) is 0 Å². The highest BCUT2D eigenvalue weighted by Crippen LogP contribution is 2.33. The number of hydrogen-bond donors (Lipinski definition) is 2. The van der Waals surface area contributed by atoms with Crippen molar-refractivity contribution in [3.05, 3.63) is 0 Å². The number of rotatable bonds is 4. The van der Waals surface area contributed by atoms with Crippen molar-refractivity contribution in [2.75, 3.05) is 19.7 Å². The second-order valence-corrected chi connectivity index (χ2v) is 7.94. The largest absolute Gasteiger partial charge is 0.396 e. The number of aliphatic hydroxyl groups is 1. The van der Waals surface area contributed by atoms with Crippen LogP contribution >= 0.6 is 0 Å². The number of carbonyl (C=O) groups is 2. The van der Waals surface area contributed by atoms with Crippen molar-refractivity contribution in [1.29, 1.82) is 0 Å². The molecular formula is C19H32N2O3. The van der Waals surface area contributed by atoms with Crippen molar-refractivity contribution in [2.24, 2.45) is 17.8 Å². The summed E-state index contributed by atoms with van der Waals surface area (Å²) >= 11 is 0. The van der Waals surface area contributed by atoms with E-state index in [0.717, 1.165) is 77.3 Å². The molecule has 2 unspecified atom stereocenters. The van der Waals surface area contributed by atoms with Gasteiger partial charge in [-0.25, -0.2) is 0 Å². The van der Waals surface area contributed by atoms with Crippen molar-refractivity contribution >= 4 is 11.8 Å². The Bertz CT molecular complexity index is 440. The summed E-state index contributed by atoms with van der Waals surface area (Å²) in [5.41, 5.74) is 0. The zero-order chi connectivity index (χ0) is 16.9. The van der Waals surface area contributed by atoms with E-state index in [4.69, 9.17) is 0 Å². The van der Waals surface area contributed by atoms with E-state index < -0.39 is 0 Å². The number of likely N-dealkylation sites (tertiary alicyclic amines) is 1. The molecule has 3 fully saturated rings. The van der Waals surface area contributed by atoms with E-state index in [1.165, 1.54) is 0 Å². The summed E-state index contributed by atoms with van der Waals surface area (Å²) in [7, 11) is 0. The summed E-state index contributed by atoms with van der Waals surface area (Å²) in [6.07, 6.45) is 9.92. The van der Waals surface area contributed by atoms with Crippen molar-refractivity contribution in [3.63, 3.8) is 0 Å². The molecule has 2 aliphatic carbocycles. The fraction of sp³-hybridized carbons (Fsp3) is 0.895. The van der Waals surface area contributed by atoms with Crippen LogP contribution in [0.3, 0.4) is 0 Å². The van der Waals surface area contributed by atoms with Crippen molar-refractivity contribution in [2.45, 2.75) is 70.3 Å². The van der Waals surface area contributed by atoms with Crippen LogP contribution < -0.4 is 5.32 Å². The van der Waals surface area contributed by atoms with Crippen LogP contribution in [0.5, 0.6) is 0 Å². The standard InChI is InChI=1S/C19H32N2O3/c22-13-14-7-9-15(10-8-14)20-18(23)16-5-1-2-6-17(16)19(24)21-11-3-4-12-21/h14-17,22H,1-13H2,(H,20,23). The molecule has 2 saturated carbocycles. The smallest absolute Gasteiger partial charge is 0.226 e. The molecule has 0 radical (unpaired) electrons. The lowest BCUT2D eigenvalue weighted by atomic mass is 9.77. The lowest BCUT2D eigenvalue weighted by Crippen LogP contribution is -2.47. The zero-order valence-electron chi connectivity index (χ0n) is 14.7. The number of aliphatic hydroxyl groups excluding tert-OH is 1. The van der Waals surface area contributed by atoms with E-state index in [2.05, 4.69) is 5.32 Å². The number of carbonyl (C=O) groups excluding carboxylic acids is 2. The minimum atomic E-state index is -0.137. The van der Waals surface area contributed by atoms with Crippen LogP contribution in [0, 0.1) is 17.8 Å². The molecule has 136 valence electrons. The van der Waals surface area contributed by atoms with E-state index in [0.29, 0.717) is 5.92 Å². The Kier molecular flexibility index (Phi) is 6.14. The molecule has 2 amide bonds. The molecule has 1 aliphatic heterocycles. The SMILES string of the molecule is O=C(NC1CCC(CO)CC1)C1CCCCC1C(=O)N1CCCC1. The summed E-state index contributed by atoms with van der Waals surface area (Å²) in [5.74, 6) is 0.474. The predicted octanol–water partition coefficient (Wildman–Crippen LogP) is 2.08. The van der Waals surface area contributed by atoms with Gasteiger partial charge in [-0.15, -0.1) is 0 Å². The summed E-state index contributed by atoms with van der Waals surface area (Å²) in [4.78, 5) is 27.6. The summed E-state index contributed by atoms with van der Waals surface area (Å²) in [6, 6.07) is 0.227. The predicted molar refractivity (Wildman–Crippen MR) is 92.2 cm³/mol. The van der Waals surface area contributed by atoms with Gasteiger partial charge in [0, 0.05) is 37.6 Å². The second kappa shape index (κ2) is 8.32. The highest BCUT2D eigenvalue weighted by molar-refractivity contribution is 5.88.